The number of carboxylic acids is 1. The average molecular weight is 263 g/mol. The van der Waals surface area contributed by atoms with E-state index in [4.69, 9.17) is 0 Å². The van der Waals surface area contributed by atoms with E-state index in [9.17, 15) is 14.7 Å². The molecule has 0 bridgehead atoms. The summed E-state index contributed by atoms with van der Waals surface area (Å²) in [5, 5.41) is 12.0. The number of aliphatic carboxylic acids is 1. The van der Waals surface area contributed by atoms with Gasteiger partial charge in [-0.1, -0.05) is 12.8 Å². The Balaban J connectivity index is 1.88. The number of carbonyl (C=O) groups is 2. The van der Waals surface area contributed by atoms with Gasteiger partial charge in [0.15, 0.2) is 0 Å². The number of nitrogens with one attached hydrogen (secondary N) is 1. The molecule has 0 aliphatic heterocycles. The third kappa shape index (κ3) is 3.27. The lowest BCUT2D eigenvalue weighted by molar-refractivity contribution is -0.151. The Labute approximate surface area is 111 Å². The maximum Gasteiger partial charge on any atom is 0.310 e. The molecule has 6 heteroatoms. The van der Waals surface area contributed by atoms with Crippen LogP contribution in [-0.2, 0) is 16.1 Å². The zero-order valence-electron chi connectivity index (χ0n) is 10.6. The zero-order chi connectivity index (χ0) is 13.7. The Kier molecular flexibility index (Phi) is 4.09. The molecule has 2 N–H and O–H groups in total. The number of rotatable bonds is 5. The fourth-order valence-electron chi connectivity index (χ4n) is 2.50. The molecule has 102 valence electrons. The van der Waals surface area contributed by atoms with Crippen LogP contribution in [0.4, 0.5) is 0 Å². The maximum absolute atomic E-state index is 11.9. The molecule has 0 aromatic carbocycles. The molecule has 2 rings (SSSR count). The summed E-state index contributed by atoms with van der Waals surface area (Å²) < 4.78 is 0. The fraction of sp³-hybridized carbons (Fsp3) is 0.538. The van der Waals surface area contributed by atoms with Gasteiger partial charge in [0.25, 0.3) is 0 Å². The minimum absolute atomic E-state index is 0.0490. The first-order valence-corrected chi connectivity index (χ1v) is 6.37. The largest absolute Gasteiger partial charge is 0.481 e. The molecule has 1 aliphatic rings. The number of hydrogen-bond acceptors (Lipinski definition) is 4. The first-order chi connectivity index (χ1) is 9.12. The highest BCUT2D eigenvalue weighted by atomic mass is 16.4. The van der Waals surface area contributed by atoms with Crippen molar-refractivity contribution in [1.29, 1.82) is 0 Å². The molecule has 1 aliphatic carbocycles. The van der Waals surface area contributed by atoms with Crippen LogP contribution in [0.5, 0.6) is 0 Å². The Hall–Kier alpha value is -1.98. The third-order valence-electron chi connectivity index (χ3n) is 3.62. The van der Waals surface area contributed by atoms with E-state index in [0.29, 0.717) is 25.1 Å². The van der Waals surface area contributed by atoms with Crippen molar-refractivity contribution in [2.45, 2.75) is 38.6 Å². The number of aromatic nitrogens is 2. The SMILES string of the molecule is O=C(CC1(C(=O)O)CCCC1)NCc1ccncn1. The van der Waals surface area contributed by atoms with Crippen LogP contribution < -0.4 is 5.32 Å². The number of carbonyl (C=O) groups excluding carboxylic acids is 1. The van der Waals surface area contributed by atoms with Gasteiger partial charge in [0.1, 0.15) is 6.33 Å². The van der Waals surface area contributed by atoms with E-state index in [1.165, 1.54) is 6.33 Å². The Bertz CT molecular complexity index is 455. The Morgan fingerprint density at radius 3 is 2.68 bits per heavy atom. The van der Waals surface area contributed by atoms with Crippen LogP contribution in [0, 0.1) is 5.41 Å². The lowest BCUT2D eigenvalue weighted by Gasteiger charge is -2.22. The van der Waals surface area contributed by atoms with E-state index < -0.39 is 11.4 Å². The van der Waals surface area contributed by atoms with Gasteiger partial charge < -0.3 is 10.4 Å². The molecule has 0 unspecified atom stereocenters. The summed E-state index contributed by atoms with van der Waals surface area (Å²) in [6.45, 7) is 0.303. The van der Waals surface area contributed by atoms with Gasteiger partial charge in [-0.25, -0.2) is 9.97 Å². The van der Waals surface area contributed by atoms with E-state index in [1.807, 2.05) is 0 Å². The molecule has 6 nitrogen and oxygen atoms in total. The van der Waals surface area contributed by atoms with Crippen molar-refractivity contribution < 1.29 is 14.7 Å². The first-order valence-electron chi connectivity index (χ1n) is 6.37. The summed E-state index contributed by atoms with van der Waals surface area (Å²) in [5.41, 5.74) is -0.158. The van der Waals surface area contributed by atoms with Crippen molar-refractivity contribution in [1.82, 2.24) is 15.3 Å². The van der Waals surface area contributed by atoms with Crippen molar-refractivity contribution >= 4 is 11.9 Å². The van der Waals surface area contributed by atoms with Gasteiger partial charge in [0.2, 0.25) is 5.91 Å². The van der Waals surface area contributed by atoms with Crippen molar-refractivity contribution in [2.75, 3.05) is 0 Å². The van der Waals surface area contributed by atoms with Gasteiger partial charge >= 0.3 is 5.97 Å². The lowest BCUT2D eigenvalue weighted by Crippen LogP contribution is -2.35. The minimum Gasteiger partial charge on any atom is -0.481 e. The number of amides is 1. The van der Waals surface area contributed by atoms with E-state index in [-0.39, 0.29) is 12.3 Å². The molecule has 0 radical (unpaired) electrons. The van der Waals surface area contributed by atoms with Crippen LogP contribution in [0.3, 0.4) is 0 Å². The van der Waals surface area contributed by atoms with Crippen LogP contribution in [0.15, 0.2) is 18.6 Å². The fourth-order valence-corrected chi connectivity index (χ4v) is 2.50. The van der Waals surface area contributed by atoms with Gasteiger partial charge in [-0.15, -0.1) is 0 Å². The van der Waals surface area contributed by atoms with Crippen LogP contribution >= 0.6 is 0 Å². The molecule has 19 heavy (non-hydrogen) atoms. The Morgan fingerprint density at radius 1 is 1.37 bits per heavy atom. The monoisotopic (exact) mass is 263 g/mol. The van der Waals surface area contributed by atoms with Crippen LogP contribution in [0.2, 0.25) is 0 Å². The van der Waals surface area contributed by atoms with Gasteiger partial charge in [0, 0.05) is 12.6 Å². The van der Waals surface area contributed by atoms with E-state index in [0.717, 1.165) is 12.8 Å². The van der Waals surface area contributed by atoms with Crippen LogP contribution in [-0.4, -0.2) is 27.0 Å². The van der Waals surface area contributed by atoms with E-state index in [2.05, 4.69) is 15.3 Å². The predicted octanol–water partition coefficient (Wildman–Crippen LogP) is 1.13. The molecule has 1 aromatic heterocycles. The molecule has 0 atom stereocenters. The normalized spacial score (nSPS) is 17.1. The topological polar surface area (TPSA) is 92.2 Å². The number of nitrogens with zero attached hydrogens (tertiary/aromatic N) is 2. The molecule has 1 saturated carbocycles. The number of carboxylic acid groups (broad SMARTS) is 1. The minimum atomic E-state index is -0.865. The maximum atomic E-state index is 11.9. The van der Waals surface area contributed by atoms with E-state index >= 15 is 0 Å². The van der Waals surface area contributed by atoms with E-state index in [1.54, 1.807) is 12.3 Å². The third-order valence-corrected chi connectivity index (χ3v) is 3.62. The van der Waals surface area contributed by atoms with Gasteiger partial charge in [0.05, 0.1) is 17.7 Å². The van der Waals surface area contributed by atoms with Crippen LogP contribution in [0.1, 0.15) is 37.8 Å². The van der Waals surface area contributed by atoms with Gasteiger partial charge in [-0.2, -0.15) is 0 Å². The smallest absolute Gasteiger partial charge is 0.310 e. The summed E-state index contributed by atoms with van der Waals surface area (Å²) >= 11 is 0. The molecule has 1 heterocycles. The number of hydrogen-bond donors (Lipinski definition) is 2. The summed E-state index contributed by atoms with van der Waals surface area (Å²) in [6.07, 6.45) is 6.00. The lowest BCUT2D eigenvalue weighted by atomic mass is 9.82. The van der Waals surface area contributed by atoms with Gasteiger partial charge in [-0.3, -0.25) is 9.59 Å². The summed E-state index contributed by atoms with van der Waals surface area (Å²) in [5.74, 6) is -1.09. The van der Waals surface area contributed by atoms with Crippen molar-refractivity contribution in [3.8, 4) is 0 Å². The molecular weight excluding hydrogens is 246 g/mol. The van der Waals surface area contributed by atoms with Crippen molar-refractivity contribution in [2.24, 2.45) is 5.41 Å². The molecular formula is C13H17N3O3. The van der Waals surface area contributed by atoms with Crippen molar-refractivity contribution in [3.05, 3.63) is 24.3 Å². The second-order valence-electron chi connectivity index (χ2n) is 4.95. The second kappa shape index (κ2) is 5.77. The standard InChI is InChI=1S/C13H17N3O3/c17-11(15-8-10-3-6-14-9-16-10)7-13(12(18)19)4-1-2-5-13/h3,6,9H,1-2,4-5,7-8H2,(H,15,17)(H,18,19). The van der Waals surface area contributed by atoms with Crippen LogP contribution in [0.25, 0.3) is 0 Å². The molecule has 1 amide bonds. The molecule has 1 aromatic rings. The second-order valence-corrected chi connectivity index (χ2v) is 4.95. The predicted molar refractivity (Wildman–Crippen MR) is 67.0 cm³/mol. The highest BCUT2D eigenvalue weighted by molar-refractivity contribution is 5.85. The molecule has 0 spiro atoms. The Morgan fingerprint density at radius 2 is 2.11 bits per heavy atom. The van der Waals surface area contributed by atoms with Gasteiger partial charge in [-0.05, 0) is 18.9 Å². The summed E-state index contributed by atoms with van der Waals surface area (Å²) in [6, 6.07) is 1.71. The first kappa shape index (κ1) is 13.5. The molecule has 0 saturated heterocycles. The van der Waals surface area contributed by atoms with Crippen molar-refractivity contribution in [3.63, 3.8) is 0 Å². The highest BCUT2D eigenvalue weighted by Gasteiger charge is 2.42. The summed E-state index contributed by atoms with van der Waals surface area (Å²) in [7, 11) is 0. The average Bonchev–Trinajstić information content (AvgIpc) is 2.87. The highest BCUT2D eigenvalue weighted by Crippen LogP contribution is 2.41. The zero-order valence-corrected chi connectivity index (χ0v) is 10.6. The quantitative estimate of drug-likeness (QED) is 0.830. The summed E-state index contributed by atoms with van der Waals surface area (Å²) in [4.78, 5) is 31.0. The molecule has 1 fully saturated rings.